The van der Waals surface area contributed by atoms with E-state index in [2.05, 4.69) is 26.1 Å². The molecule has 0 saturated heterocycles. The second kappa shape index (κ2) is 4.25. The highest BCUT2D eigenvalue weighted by Crippen LogP contribution is 2.26. The van der Waals surface area contributed by atoms with Gasteiger partial charge in [0.15, 0.2) is 0 Å². The van der Waals surface area contributed by atoms with Gasteiger partial charge in [0.25, 0.3) is 0 Å². The number of aromatic nitrogens is 2. The van der Waals surface area contributed by atoms with Crippen LogP contribution in [0, 0.1) is 11.8 Å². The molecule has 6 nitrogen and oxygen atoms in total. The van der Waals surface area contributed by atoms with Crippen molar-refractivity contribution in [3.63, 3.8) is 0 Å². The number of carboxylic acids is 1. The lowest BCUT2D eigenvalue weighted by Crippen LogP contribution is -2.00. The number of rotatable bonds is 3. The van der Waals surface area contributed by atoms with E-state index in [1.807, 2.05) is 13.0 Å². The summed E-state index contributed by atoms with van der Waals surface area (Å²) in [5.41, 5.74) is 1.55. The first kappa shape index (κ1) is 11.7. The predicted molar refractivity (Wildman–Crippen MR) is 64.4 cm³/mol. The van der Waals surface area contributed by atoms with Gasteiger partial charge in [-0.3, -0.25) is 9.20 Å². The molecule has 2 aromatic rings. The minimum Gasteiger partial charge on any atom is -0.481 e. The van der Waals surface area contributed by atoms with Crippen LogP contribution in [0.2, 0.25) is 0 Å². The molecule has 0 atom stereocenters. The molecule has 88 valence electrons. The van der Waals surface area contributed by atoms with Crippen LogP contribution in [-0.2, 0) is 11.2 Å². The third-order valence-corrected chi connectivity index (χ3v) is 2.75. The van der Waals surface area contributed by atoms with Crippen LogP contribution in [0.5, 0.6) is 0 Å². The molecule has 1 N–H and O–H groups in total. The number of nitroso groups, excluding NO2 is 1. The molecule has 0 fully saturated rings. The van der Waals surface area contributed by atoms with E-state index in [-0.39, 0.29) is 17.9 Å². The van der Waals surface area contributed by atoms with E-state index >= 15 is 0 Å². The summed E-state index contributed by atoms with van der Waals surface area (Å²) in [7, 11) is 0. The Kier molecular flexibility index (Phi) is 2.93. The van der Waals surface area contributed by atoms with E-state index in [0.717, 1.165) is 10.0 Å². The lowest BCUT2D eigenvalue weighted by atomic mass is 10.3. The molecule has 2 rings (SSSR count). The van der Waals surface area contributed by atoms with Gasteiger partial charge in [-0.15, -0.1) is 4.91 Å². The lowest BCUT2D eigenvalue weighted by molar-refractivity contribution is -0.136. The molecule has 0 radical (unpaired) electrons. The molecule has 0 unspecified atom stereocenters. The van der Waals surface area contributed by atoms with Crippen molar-refractivity contribution >= 4 is 33.4 Å². The lowest BCUT2D eigenvalue weighted by Gasteiger charge is -1.99. The number of hydrogen-bond acceptors (Lipinski definition) is 4. The Labute approximate surface area is 104 Å². The predicted octanol–water partition coefficient (Wildman–Crippen LogP) is 2.43. The summed E-state index contributed by atoms with van der Waals surface area (Å²) in [6.45, 7) is 1.83. The average Bonchev–Trinajstić information content (AvgIpc) is 2.54. The normalized spacial score (nSPS) is 10.7. The van der Waals surface area contributed by atoms with Gasteiger partial charge in [0, 0.05) is 10.7 Å². The first-order chi connectivity index (χ1) is 8.02. The van der Waals surface area contributed by atoms with Gasteiger partial charge in [0.1, 0.15) is 11.3 Å². The number of carbonyl (C=O) groups is 1. The van der Waals surface area contributed by atoms with Crippen molar-refractivity contribution in [2.45, 2.75) is 13.3 Å². The highest BCUT2D eigenvalue weighted by molar-refractivity contribution is 9.10. The van der Waals surface area contributed by atoms with Crippen molar-refractivity contribution in [3.8, 4) is 0 Å². The van der Waals surface area contributed by atoms with E-state index in [1.165, 1.54) is 4.40 Å². The molecule has 2 aromatic heterocycles. The van der Waals surface area contributed by atoms with Gasteiger partial charge in [-0.25, -0.2) is 4.98 Å². The fourth-order valence-electron chi connectivity index (χ4n) is 1.66. The summed E-state index contributed by atoms with van der Waals surface area (Å²) in [5.74, 6) is -1.01. The number of imidazole rings is 1. The van der Waals surface area contributed by atoms with Crippen molar-refractivity contribution in [2.75, 3.05) is 0 Å². The molecule has 0 bridgehead atoms. The molecule has 0 aromatic carbocycles. The van der Waals surface area contributed by atoms with E-state index < -0.39 is 5.97 Å². The molecular formula is C10H8BrN3O3. The second-order valence-corrected chi connectivity index (χ2v) is 4.49. The minimum atomic E-state index is -1.05. The number of aliphatic carboxylic acids is 1. The number of nitrogens with zero attached hydrogens (tertiary/aromatic N) is 3. The smallest absolute Gasteiger partial charge is 0.309 e. The minimum absolute atomic E-state index is 0.0341. The van der Waals surface area contributed by atoms with Crippen molar-refractivity contribution in [1.29, 1.82) is 0 Å². The van der Waals surface area contributed by atoms with Gasteiger partial charge >= 0.3 is 5.97 Å². The summed E-state index contributed by atoms with van der Waals surface area (Å²) >= 11 is 3.30. The van der Waals surface area contributed by atoms with Crippen LogP contribution in [0.25, 0.3) is 5.65 Å². The Bertz CT molecular complexity index is 621. The molecule has 2 heterocycles. The van der Waals surface area contributed by atoms with Gasteiger partial charge in [0.05, 0.1) is 6.42 Å². The SMILES string of the molecule is Cc1cc(Br)cn2c(N=O)c(CC(=O)O)nc12. The molecule has 0 spiro atoms. The van der Waals surface area contributed by atoms with E-state index in [1.54, 1.807) is 6.20 Å². The van der Waals surface area contributed by atoms with Gasteiger partial charge in [0.2, 0.25) is 5.82 Å². The molecule has 17 heavy (non-hydrogen) atoms. The Morgan fingerprint density at radius 1 is 1.65 bits per heavy atom. The third kappa shape index (κ3) is 2.05. The summed E-state index contributed by atoms with van der Waals surface area (Å²) < 4.78 is 2.26. The molecule has 7 heteroatoms. The third-order valence-electron chi connectivity index (χ3n) is 2.32. The number of hydrogen-bond donors (Lipinski definition) is 1. The molecule has 0 aliphatic heterocycles. The summed E-state index contributed by atoms with van der Waals surface area (Å²) in [4.78, 5) is 25.6. The molecular weight excluding hydrogens is 290 g/mol. The van der Waals surface area contributed by atoms with E-state index in [4.69, 9.17) is 5.11 Å². The van der Waals surface area contributed by atoms with Crippen molar-refractivity contribution in [2.24, 2.45) is 5.18 Å². The summed E-state index contributed by atoms with van der Waals surface area (Å²) in [6.07, 6.45) is 1.32. The molecule has 0 saturated carbocycles. The molecule has 0 aliphatic carbocycles. The zero-order chi connectivity index (χ0) is 12.6. The first-order valence-electron chi connectivity index (χ1n) is 4.75. The number of aryl methyl sites for hydroxylation is 1. The van der Waals surface area contributed by atoms with Gasteiger partial charge in [-0.1, -0.05) is 0 Å². The maximum absolute atomic E-state index is 10.8. The van der Waals surface area contributed by atoms with Crippen LogP contribution in [0.4, 0.5) is 5.82 Å². The molecule has 0 aliphatic rings. The topological polar surface area (TPSA) is 84.0 Å². The Hall–Kier alpha value is -1.76. The van der Waals surface area contributed by atoms with Crippen LogP contribution in [0.15, 0.2) is 21.9 Å². The fraction of sp³-hybridized carbons (Fsp3) is 0.200. The zero-order valence-corrected chi connectivity index (χ0v) is 10.4. The Morgan fingerprint density at radius 3 is 2.94 bits per heavy atom. The second-order valence-electron chi connectivity index (χ2n) is 3.58. The maximum atomic E-state index is 10.8. The van der Waals surface area contributed by atoms with Crippen LogP contribution in [0.3, 0.4) is 0 Å². The zero-order valence-electron chi connectivity index (χ0n) is 8.85. The fourth-order valence-corrected chi connectivity index (χ4v) is 2.21. The Morgan fingerprint density at radius 2 is 2.35 bits per heavy atom. The number of fused-ring (bicyclic) bond motifs is 1. The first-order valence-corrected chi connectivity index (χ1v) is 5.54. The number of carboxylic acid groups (broad SMARTS) is 1. The van der Waals surface area contributed by atoms with Crippen LogP contribution < -0.4 is 0 Å². The van der Waals surface area contributed by atoms with E-state index in [0.29, 0.717) is 5.65 Å². The van der Waals surface area contributed by atoms with Crippen LogP contribution in [-0.4, -0.2) is 20.5 Å². The Balaban J connectivity index is 2.74. The maximum Gasteiger partial charge on any atom is 0.309 e. The largest absolute Gasteiger partial charge is 0.481 e. The van der Waals surface area contributed by atoms with Gasteiger partial charge in [-0.2, -0.15) is 0 Å². The number of pyridine rings is 1. The van der Waals surface area contributed by atoms with Crippen molar-refractivity contribution in [1.82, 2.24) is 9.38 Å². The summed E-state index contributed by atoms with van der Waals surface area (Å²) in [5, 5.41) is 11.6. The van der Waals surface area contributed by atoms with Gasteiger partial charge < -0.3 is 5.11 Å². The summed E-state index contributed by atoms with van der Waals surface area (Å²) in [6, 6.07) is 1.83. The highest BCUT2D eigenvalue weighted by atomic mass is 79.9. The van der Waals surface area contributed by atoms with E-state index in [9.17, 15) is 9.70 Å². The van der Waals surface area contributed by atoms with Crippen LogP contribution >= 0.6 is 15.9 Å². The van der Waals surface area contributed by atoms with Crippen molar-refractivity contribution in [3.05, 3.63) is 32.9 Å². The average molecular weight is 298 g/mol. The monoisotopic (exact) mass is 297 g/mol. The molecule has 0 amide bonds. The van der Waals surface area contributed by atoms with Gasteiger partial charge in [-0.05, 0) is 39.7 Å². The highest BCUT2D eigenvalue weighted by Gasteiger charge is 2.17. The van der Waals surface area contributed by atoms with Crippen molar-refractivity contribution < 1.29 is 9.90 Å². The number of halogens is 1. The standard InChI is InChI=1S/C10H8BrN3O3/c1-5-2-6(11)4-14-9(5)12-7(3-8(15)16)10(14)13-17/h2,4H,3H2,1H3,(H,15,16). The quantitative estimate of drug-likeness (QED) is 0.882. The van der Waals surface area contributed by atoms with Crippen LogP contribution in [0.1, 0.15) is 11.3 Å².